The molecule has 1 aromatic heterocycles. The molecule has 2 bridgehead atoms. The first kappa shape index (κ1) is 14.2. The molecule has 2 fully saturated rings. The minimum absolute atomic E-state index is 0.0229. The maximum absolute atomic E-state index is 12.5. The first-order valence-corrected chi connectivity index (χ1v) is 8.18. The van der Waals surface area contributed by atoms with Crippen LogP contribution in [0.5, 0.6) is 0 Å². The van der Waals surface area contributed by atoms with Crippen molar-refractivity contribution >= 4 is 11.7 Å². The number of hydrogen-bond acceptors (Lipinski definition) is 3. The van der Waals surface area contributed by atoms with Gasteiger partial charge in [-0.2, -0.15) is 5.10 Å². The number of amides is 2. The fraction of sp³-hybridized carbons (Fsp3) is 0.471. The van der Waals surface area contributed by atoms with E-state index in [1.165, 1.54) is 12.8 Å². The van der Waals surface area contributed by atoms with E-state index in [4.69, 9.17) is 0 Å². The highest BCUT2D eigenvalue weighted by Crippen LogP contribution is 2.38. The van der Waals surface area contributed by atoms with Crippen LogP contribution in [0.4, 0.5) is 10.5 Å². The van der Waals surface area contributed by atoms with Crippen molar-refractivity contribution in [3.8, 4) is 11.4 Å². The molecular weight excluding hydrogens is 290 g/mol. The normalized spacial score (nSPS) is 22.6. The zero-order chi connectivity index (χ0) is 16.0. The summed E-state index contributed by atoms with van der Waals surface area (Å²) in [5, 5.41) is 7.39. The summed E-state index contributed by atoms with van der Waals surface area (Å²) >= 11 is 0. The molecule has 0 radical (unpaired) electrons. The predicted molar refractivity (Wildman–Crippen MR) is 88.1 cm³/mol. The molecule has 0 aliphatic carbocycles. The third kappa shape index (κ3) is 2.48. The first-order chi connectivity index (χ1) is 11.1. The molecule has 6 nitrogen and oxygen atoms in total. The van der Waals surface area contributed by atoms with Crippen LogP contribution in [0.15, 0.2) is 24.5 Å². The van der Waals surface area contributed by atoms with Gasteiger partial charge in [-0.1, -0.05) is 6.07 Å². The molecule has 2 aliphatic rings. The van der Waals surface area contributed by atoms with E-state index < -0.39 is 0 Å². The standard InChI is InChI=1S/C17H21N5O/c1-11-6-7-12(8-15(11)16-18-10-21(2)20-16)19-17(23)22-13-4-3-5-14(22)9-13/h6-8,10,13-14H,3-5,9H2,1-2H3,(H,19,23). The average Bonchev–Trinajstić information content (AvgIpc) is 2.96. The third-order valence-corrected chi connectivity index (χ3v) is 4.97. The summed E-state index contributed by atoms with van der Waals surface area (Å²) in [6, 6.07) is 6.80. The van der Waals surface area contributed by atoms with E-state index in [2.05, 4.69) is 15.4 Å². The molecule has 2 unspecified atom stereocenters. The molecule has 1 aromatic carbocycles. The van der Waals surface area contributed by atoms with Crippen LogP contribution >= 0.6 is 0 Å². The number of carbonyl (C=O) groups excluding carboxylic acids is 1. The topological polar surface area (TPSA) is 63.1 Å². The Balaban J connectivity index is 1.54. The molecule has 0 spiro atoms. The zero-order valence-corrected chi connectivity index (χ0v) is 13.5. The highest BCUT2D eigenvalue weighted by atomic mass is 16.2. The van der Waals surface area contributed by atoms with Crippen molar-refractivity contribution in [1.82, 2.24) is 19.7 Å². The molecule has 120 valence electrons. The molecule has 6 heteroatoms. The van der Waals surface area contributed by atoms with Gasteiger partial charge in [-0.25, -0.2) is 9.78 Å². The van der Waals surface area contributed by atoms with Gasteiger partial charge in [0, 0.05) is 30.4 Å². The lowest BCUT2D eigenvalue weighted by molar-refractivity contribution is 0.0173. The quantitative estimate of drug-likeness (QED) is 0.927. The van der Waals surface area contributed by atoms with E-state index in [0.29, 0.717) is 17.9 Å². The summed E-state index contributed by atoms with van der Waals surface area (Å²) in [6.45, 7) is 2.02. The fourth-order valence-electron chi connectivity index (χ4n) is 3.73. The Hall–Kier alpha value is -2.37. The van der Waals surface area contributed by atoms with Gasteiger partial charge in [-0.3, -0.25) is 4.68 Å². The van der Waals surface area contributed by atoms with E-state index in [9.17, 15) is 4.79 Å². The highest BCUT2D eigenvalue weighted by molar-refractivity contribution is 5.91. The van der Waals surface area contributed by atoms with Crippen molar-refractivity contribution in [2.75, 3.05) is 5.32 Å². The van der Waals surface area contributed by atoms with Gasteiger partial charge in [0.15, 0.2) is 5.82 Å². The second-order valence-electron chi connectivity index (χ2n) is 6.58. The first-order valence-electron chi connectivity index (χ1n) is 8.18. The van der Waals surface area contributed by atoms with Crippen molar-refractivity contribution in [1.29, 1.82) is 0 Å². The molecule has 2 saturated heterocycles. The number of carbonyl (C=O) groups is 1. The van der Waals surface area contributed by atoms with E-state index in [1.807, 2.05) is 37.1 Å². The van der Waals surface area contributed by atoms with Gasteiger partial charge < -0.3 is 10.2 Å². The van der Waals surface area contributed by atoms with Crippen molar-refractivity contribution in [2.45, 2.75) is 44.7 Å². The molecule has 3 heterocycles. The monoisotopic (exact) mass is 311 g/mol. The fourth-order valence-corrected chi connectivity index (χ4v) is 3.73. The van der Waals surface area contributed by atoms with Gasteiger partial charge in [0.05, 0.1) is 0 Å². The summed E-state index contributed by atoms with van der Waals surface area (Å²) in [6.07, 6.45) is 6.38. The van der Waals surface area contributed by atoms with Crippen molar-refractivity contribution in [3.63, 3.8) is 0 Å². The van der Waals surface area contributed by atoms with E-state index in [-0.39, 0.29) is 6.03 Å². The lowest BCUT2D eigenvalue weighted by Gasteiger charge is -2.52. The summed E-state index contributed by atoms with van der Waals surface area (Å²) in [7, 11) is 1.85. The number of aryl methyl sites for hydroxylation is 2. The third-order valence-electron chi connectivity index (χ3n) is 4.97. The predicted octanol–water partition coefficient (Wildman–Crippen LogP) is 2.95. The molecule has 4 rings (SSSR count). The van der Waals surface area contributed by atoms with Gasteiger partial charge in [-0.05, 0) is 50.3 Å². The lowest BCUT2D eigenvalue weighted by Crippen LogP contribution is -2.62. The van der Waals surface area contributed by atoms with Crippen LogP contribution in [-0.2, 0) is 7.05 Å². The Morgan fingerprint density at radius 3 is 2.74 bits per heavy atom. The number of piperidine rings is 1. The maximum atomic E-state index is 12.5. The minimum atomic E-state index is 0.0229. The number of anilines is 1. The van der Waals surface area contributed by atoms with E-state index >= 15 is 0 Å². The molecular formula is C17H21N5O. The molecule has 2 amide bonds. The molecule has 0 saturated carbocycles. The summed E-state index contributed by atoms with van der Waals surface area (Å²) in [5.41, 5.74) is 2.84. The zero-order valence-electron chi connectivity index (χ0n) is 13.5. The molecule has 2 atom stereocenters. The molecule has 1 N–H and O–H groups in total. The summed E-state index contributed by atoms with van der Waals surface area (Å²) in [4.78, 5) is 18.8. The Bertz CT molecular complexity index is 739. The number of hydrogen-bond donors (Lipinski definition) is 1. The van der Waals surface area contributed by atoms with Gasteiger partial charge in [0.1, 0.15) is 6.33 Å². The van der Waals surface area contributed by atoms with Crippen molar-refractivity contribution in [3.05, 3.63) is 30.1 Å². The van der Waals surface area contributed by atoms with E-state index in [0.717, 1.165) is 29.7 Å². The smallest absolute Gasteiger partial charge is 0.318 e. The number of benzene rings is 1. The van der Waals surface area contributed by atoms with Crippen LogP contribution in [0.2, 0.25) is 0 Å². The van der Waals surface area contributed by atoms with Gasteiger partial charge in [0.2, 0.25) is 0 Å². The number of urea groups is 1. The number of nitrogens with one attached hydrogen (secondary N) is 1. The van der Waals surface area contributed by atoms with Gasteiger partial charge in [-0.15, -0.1) is 0 Å². The van der Waals surface area contributed by atoms with Crippen LogP contribution in [0, 0.1) is 6.92 Å². The number of aromatic nitrogens is 3. The Kier molecular flexibility index (Phi) is 3.32. The summed E-state index contributed by atoms with van der Waals surface area (Å²) < 4.78 is 1.68. The highest BCUT2D eigenvalue weighted by Gasteiger charge is 2.44. The minimum Gasteiger partial charge on any atom is -0.318 e. The maximum Gasteiger partial charge on any atom is 0.322 e. The van der Waals surface area contributed by atoms with Gasteiger partial charge in [0.25, 0.3) is 0 Å². The Labute approximate surface area is 135 Å². The van der Waals surface area contributed by atoms with E-state index in [1.54, 1.807) is 11.0 Å². The van der Waals surface area contributed by atoms with Crippen LogP contribution in [0.3, 0.4) is 0 Å². The second-order valence-corrected chi connectivity index (χ2v) is 6.58. The largest absolute Gasteiger partial charge is 0.322 e. The van der Waals surface area contributed by atoms with Crippen LogP contribution < -0.4 is 5.32 Å². The molecule has 2 aromatic rings. The van der Waals surface area contributed by atoms with Crippen molar-refractivity contribution in [2.24, 2.45) is 7.05 Å². The molecule has 23 heavy (non-hydrogen) atoms. The number of rotatable bonds is 2. The van der Waals surface area contributed by atoms with Crippen molar-refractivity contribution < 1.29 is 4.79 Å². The Morgan fingerprint density at radius 2 is 2.09 bits per heavy atom. The number of fused-ring (bicyclic) bond motifs is 2. The van der Waals surface area contributed by atoms with Crippen LogP contribution in [-0.4, -0.2) is 37.8 Å². The average molecular weight is 311 g/mol. The SMILES string of the molecule is Cc1ccc(NC(=O)N2C3CCCC2C3)cc1-c1ncn(C)n1. The lowest BCUT2D eigenvalue weighted by atomic mass is 9.80. The second kappa shape index (κ2) is 5.37. The van der Waals surface area contributed by atoms with Gasteiger partial charge >= 0.3 is 6.03 Å². The molecule has 2 aliphatic heterocycles. The summed E-state index contributed by atoms with van der Waals surface area (Å²) in [5.74, 6) is 0.682. The Morgan fingerprint density at radius 1 is 1.30 bits per heavy atom. The van der Waals surface area contributed by atoms with Crippen LogP contribution in [0.1, 0.15) is 31.2 Å². The number of nitrogens with zero attached hydrogens (tertiary/aromatic N) is 4. The van der Waals surface area contributed by atoms with Crippen LogP contribution in [0.25, 0.3) is 11.4 Å².